The number of aliphatic imine (C=N–C) groups is 1. The Hall–Kier alpha value is -3.15. The maximum atomic E-state index is 13.3. The van der Waals surface area contributed by atoms with Crippen LogP contribution in [0.5, 0.6) is 11.5 Å². The lowest BCUT2D eigenvalue weighted by atomic mass is 10.1. The van der Waals surface area contributed by atoms with Crippen molar-refractivity contribution in [1.82, 2.24) is 0 Å². The molecule has 0 aromatic heterocycles. The Morgan fingerprint density at radius 1 is 1.08 bits per heavy atom. The quantitative estimate of drug-likeness (QED) is 0.639. The minimum Gasteiger partial charge on any atom is -0.493 e. The van der Waals surface area contributed by atoms with Crippen LogP contribution in [0.3, 0.4) is 0 Å². The van der Waals surface area contributed by atoms with Crippen LogP contribution >= 0.6 is 0 Å². The molecule has 0 spiro atoms. The third kappa shape index (κ3) is 3.12. The summed E-state index contributed by atoms with van der Waals surface area (Å²) in [5, 5.41) is 0. The van der Waals surface area contributed by atoms with Gasteiger partial charge in [0.15, 0.2) is 17.2 Å². The van der Waals surface area contributed by atoms with Crippen LogP contribution in [0, 0.1) is 5.82 Å². The summed E-state index contributed by atoms with van der Waals surface area (Å²) in [4.78, 5) is 16.1. The number of benzene rings is 2. The molecule has 1 aliphatic rings. The molecule has 3 rings (SSSR count). The number of methoxy groups -OCH3 is 2. The van der Waals surface area contributed by atoms with E-state index in [1.165, 1.54) is 25.3 Å². The first-order valence-electron chi connectivity index (χ1n) is 7.11. The molecule has 0 atom stereocenters. The van der Waals surface area contributed by atoms with Crippen LogP contribution in [-0.4, -0.2) is 26.1 Å². The predicted molar refractivity (Wildman–Crippen MR) is 86.6 cm³/mol. The van der Waals surface area contributed by atoms with Crippen molar-refractivity contribution < 1.29 is 23.4 Å². The summed E-state index contributed by atoms with van der Waals surface area (Å²) >= 11 is 0. The monoisotopic (exact) mass is 327 g/mol. The fraction of sp³-hybridized carbons (Fsp3) is 0.111. The molecule has 0 amide bonds. The molecule has 1 aliphatic heterocycles. The molecule has 0 unspecified atom stereocenters. The Morgan fingerprint density at radius 3 is 2.58 bits per heavy atom. The first kappa shape index (κ1) is 15.7. The van der Waals surface area contributed by atoms with Gasteiger partial charge < -0.3 is 14.2 Å². The molecule has 0 bridgehead atoms. The Kier molecular flexibility index (Phi) is 4.29. The Balaban J connectivity index is 1.94. The number of esters is 1. The van der Waals surface area contributed by atoms with Crippen LogP contribution in [0.25, 0.3) is 6.08 Å². The third-order valence-electron chi connectivity index (χ3n) is 3.40. The molecule has 0 saturated heterocycles. The van der Waals surface area contributed by atoms with E-state index in [0.29, 0.717) is 22.6 Å². The number of nitrogens with zero attached hydrogens (tertiary/aromatic N) is 1. The summed E-state index contributed by atoms with van der Waals surface area (Å²) < 4.78 is 28.8. The number of hydrogen-bond donors (Lipinski definition) is 0. The molecule has 0 N–H and O–H groups in total. The third-order valence-corrected chi connectivity index (χ3v) is 3.40. The Bertz CT molecular complexity index is 858. The molecule has 24 heavy (non-hydrogen) atoms. The minimum absolute atomic E-state index is 0.0752. The number of cyclic esters (lactones) is 1. The predicted octanol–water partition coefficient (Wildman–Crippen LogP) is 3.19. The lowest BCUT2D eigenvalue weighted by molar-refractivity contribution is -0.129. The Morgan fingerprint density at radius 2 is 1.88 bits per heavy atom. The van der Waals surface area contributed by atoms with Gasteiger partial charge in [-0.05, 0) is 42.0 Å². The van der Waals surface area contributed by atoms with Crippen molar-refractivity contribution >= 4 is 17.9 Å². The van der Waals surface area contributed by atoms with E-state index < -0.39 is 11.8 Å². The van der Waals surface area contributed by atoms with E-state index in [4.69, 9.17) is 14.2 Å². The normalized spacial score (nSPS) is 15.2. The van der Waals surface area contributed by atoms with E-state index in [1.54, 1.807) is 37.5 Å². The van der Waals surface area contributed by atoms with Crippen molar-refractivity contribution in [3.8, 4) is 11.5 Å². The van der Waals surface area contributed by atoms with Gasteiger partial charge in [-0.1, -0.05) is 12.1 Å². The topological polar surface area (TPSA) is 57.1 Å². The number of rotatable bonds is 4. The molecule has 1 heterocycles. The summed E-state index contributed by atoms with van der Waals surface area (Å²) in [7, 11) is 3.07. The largest absolute Gasteiger partial charge is 0.493 e. The number of carbonyl (C=O) groups is 1. The number of hydrogen-bond acceptors (Lipinski definition) is 5. The maximum absolute atomic E-state index is 13.3. The smallest absolute Gasteiger partial charge is 0.363 e. The second-order valence-electron chi connectivity index (χ2n) is 4.96. The van der Waals surface area contributed by atoms with E-state index in [-0.39, 0.29) is 11.6 Å². The van der Waals surface area contributed by atoms with Gasteiger partial charge in [-0.3, -0.25) is 0 Å². The van der Waals surface area contributed by atoms with Crippen LogP contribution in [0.15, 0.2) is 53.2 Å². The van der Waals surface area contributed by atoms with E-state index in [2.05, 4.69) is 4.99 Å². The van der Waals surface area contributed by atoms with Gasteiger partial charge in [0.05, 0.1) is 14.2 Å². The lowest BCUT2D eigenvalue weighted by Gasteiger charge is -2.07. The SMILES string of the molecule is COc1ccc(/C=C2/N=C(c3cccc(F)c3)OC2=O)cc1OC. The van der Waals surface area contributed by atoms with Gasteiger partial charge in [0.25, 0.3) is 0 Å². The van der Waals surface area contributed by atoms with E-state index >= 15 is 0 Å². The van der Waals surface area contributed by atoms with Crippen LogP contribution in [0.2, 0.25) is 0 Å². The molecule has 6 heteroatoms. The van der Waals surface area contributed by atoms with Gasteiger partial charge in [0.2, 0.25) is 5.90 Å². The highest BCUT2D eigenvalue weighted by Gasteiger charge is 2.24. The summed E-state index contributed by atoms with van der Waals surface area (Å²) in [6.07, 6.45) is 1.57. The number of carbonyl (C=O) groups excluding carboxylic acids is 1. The average Bonchev–Trinajstić information content (AvgIpc) is 2.95. The molecule has 0 saturated carbocycles. The van der Waals surface area contributed by atoms with Gasteiger partial charge >= 0.3 is 5.97 Å². The molecule has 5 nitrogen and oxygen atoms in total. The lowest BCUT2D eigenvalue weighted by Crippen LogP contribution is -2.05. The molecule has 0 fully saturated rings. The Labute approximate surface area is 138 Å². The first-order chi connectivity index (χ1) is 11.6. The van der Waals surface area contributed by atoms with Crippen LogP contribution in [0.4, 0.5) is 4.39 Å². The van der Waals surface area contributed by atoms with Gasteiger partial charge in [-0.2, -0.15) is 0 Å². The van der Waals surface area contributed by atoms with Crippen molar-refractivity contribution in [2.75, 3.05) is 14.2 Å². The van der Waals surface area contributed by atoms with Crippen LogP contribution < -0.4 is 9.47 Å². The number of ether oxygens (including phenoxy) is 3. The summed E-state index contributed by atoms with van der Waals surface area (Å²) in [6, 6.07) is 10.9. The van der Waals surface area contributed by atoms with E-state index in [1.807, 2.05) is 0 Å². The second-order valence-corrected chi connectivity index (χ2v) is 4.96. The van der Waals surface area contributed by atoms with Gasteiger partial charge in [-0.25, -0.2) is 14.2 Å². The fourth-order valence-corrected chi connectivity index (χ4v) is 2.25. The minimum atomic E-state index is -0.593. The summed E-state index contributed by atoms with van der Waals surface area (Å²) in [5.41, 5.74) is 1.23. The second kappa shape index (κ2) is 6.54. The molecule has 2 aromatic rings. The maximum Gasteiger partial charge on any atom is 0.363 e. The van der Waals surface area contributed by atoms with Crippen molar-refractivity contribution in [3.63, 3.8) is 0 Å². The molecule has 0 aliphatic carbocycles. The van der Waals surface area contributed by atoms with E-state index in [9.17, 15) is 9.18 Å². The summed E-state index contributed by atoms with van der Waals surface area (Å²) in [6.45, 7) is 0. The zero-order valence-electron chi connectivity index (χ0n) is 13.1. The average molecular weight is 327 g/mol. The van der Waals surface area contributed by atoms with Crippen molar-refractivity contribution in [3.05, 3.63) is 65.1 Å². The molecule has 122 valence electrons. The van der Waals surface area contributed by atoms with Crippen LogP contribution in [0.1, 0.15) is 11.1 Å². The van der Waals surface area contributed by atoms with Gasteiger partial charge in [0, 0.05) is 5.56 Å². The fourth-order valence-electron chi connectivity index (χ4n) is 2.25. The van der Waals surface area contributed by atoms with Crippen LogP contribution in [-0.2, 0) is 9.53 Å². The highest BCUT2D eigenvalue weighted by molar-refractivity contribution is 6.12. The molecule has 0 radical (unpaired) electrons. The van der Waals surface area contributed by atoms with Crippen molar-refractivity contribution in [1.29, 1.82) is 0 Å². The van der Waals surface area contributed by atoms with Crippen molar-refractivity contribution in [2.24, 2.45) is 4.99 Å². The zero-order valence-corrected chi connectivity index (χ0v) is 13.1. The summed E-state index contributed by atoms with van der Waals surface area (Å²) in [5.74, 6) is 0.170. The highest BCUT2D eigenvalue weighted by Crippen LogP contribution is 2.29. The van der Waals surface area contributed by atoms with E-state index in [0.717, 1.165) is 0 Å². The number of halogens is 1. The molecule has 2 aromatic carbocycles. The first-order valence-corrected chi connectivity index (χ1v) is 7.11. The molecular formula is C18H14FNO4. The van der Waals surface area contributed by atoms with Crippen molar-refractivity contribution in [2.45, 2.75) is 0 Å². The molecular weight excluding hydrogens is 313 g/mol. The standard InChI is InChI=1S/C18H14FNO4/c1-22-15-7-6-11(9-16(15)23-2)8-14-18(21)24-17(20-14)12-4-3-5-13(19)10-12/h3-10H,1-2H3/b14-8+. The van der Waals surface area contributed by atoms with Gasteiger partial charge in [-0.15, -0.1) is 0 Å². The zero-order chi connectivity index (χ0) is 17.1. The van der Waals surface area contributed by atoms with Gasteiger partial charge in [0.1, 0.15) is 5.82 Å². The highest BCUT2D eigenvalue weighted by atomic mass is 19.1.